The van der Waals surface area contributed by atoms with E-state index in [2.05, 4.69) is 4.99 Å². The first kappa shape index (κ1) is 11.2. The third-order valence-electron chi connectivity index (χ3n) is 1.37. The molecule has 0 atom stereocenters. The summed E-state index contributed by atoms with van der Waals surface area (Å²) in [7, 11) is -9.54. The lowest BCUT2D eigenvalue weighted by atomic mass is 10.8. The highest BCUT2D eigenvalue weighted by Crippen LogP contribution is 2.61. The first-order chi connectivity index (χ1) is 5.71. The van der Waals surface area contributed by atoms with Crippen LogP contribution in [-0.2, 0) is 4.57 Å². The van der Waals surface area contributed by atoms with Crippen molar-refractivity contribution in [2.45, 2.75) is 18.9 Å². The van der Waals surface area contributed by atoms with E-state index in [9.17, 15) is 4.57 Å². The van der Waals surface area contributed by atoms with Crippen LogP contribution in [0.2, 0.25) is 0 Å². The Hall–Kier alpha value is 0.130. The molecule has 0 saturated heterocycles. The summed E-state index contributed by atoms with van der Waals surface area (Å²) in [5.41, 5.74) is 0. The van der Waals surface area contributed by atoms with Gasteiger partial charge in [-0.2, -0.15) is 14.7 Å². The van der Waals surface area contributed by atoms with Gasteiger partial charge in [0.1, 0.15) is 0 Å². The molecule has 0 aliphatic heterocycles. The van der Waals surface area contributed by atoms with E-state index in [-0.39, 0.29) is 6.04 Å². The first-order valence-corrected chi connectivity index (χ1v) is 6.69. The Morgan fingerprint density at radius 3 is 2.00 bits per heavy atom. The molecule has 9 heteroatoms. The molecular weight excluding hydrogens is 220 g/mol. The second-order valence-electron chi connectivity index (χ2n) is 2.77. The van der Waals surface area contributed by atoms with Crippen LogP contribution in [0.15, 0.2) is 4.99 Å². The van der Waals surface area contributed by atoms with Crippen molar-refractivity contribution in [3.05, 3.63) is 0 Å². The predicted octanol–water partition coefficient (Wildman–Crippen LogP) is -0.578. The van der Waals surface area contributed by atoms with Crippen LogP contribution >= 0.6 is 15.5 Å². The maximum absolute atomic E-state index is 10.7. The molecule has 0 radical (unpaired) electrons. The number of hydrogen-bond acceptors (Lipinski definition) is 5. The van der Waals surface area contributed by atoms with Crippen LogP contribution in [0.3, 0.4) is 0 Å². The second-order valence-corrected chi connectivity index (χ2v) is 6.20. The number of rotatable bonds is 3. The van der Waals surface area contributed by atoms with Gasteiger partial charge in [0.25, 0.3) is 0 Å². The van der Waals surface area contributed by atoms with E-state index in [1.165, 1.54) is 0 Å². The van der Waals surface area contributed by atoms with Crippen molar-refractivity contribution in [1.82, 2.24) is 0 Å². The third kappa shape index (κ3) is 3.40. The molecule has 0 aromatic heterocycles. The van der Waals surface area contributed by atoms with Gasteiger partial charge in [0.05, 0.1) is 6.04 Å². The second kappa shape index (κ2) is 3.37. The van der Waals surface area contributed by atoms with E-state index in [0.717, 1.165) is 0 Å². The van der Waals surface area contributed by atoms with Gasteiger partial charge < -0.3 is 9.79 Å². The van der Waals surface area contributed by atoms with E-state index in [1.807, 2.05) is 0 Å². The minimum absolute atomic E-state index is 0.298. The van der Waals surface area contributed by atoms with Crippen molar-refractivity contribution >= 4 is 20.7 Å². The fraction of sp³-hybridized carbons (Fsp3) is 0.750. The Morgan fingerprint density at radius 1 is 1.31 bits per heavy atom. The summed E-state index contributed by atoms with van der Waals surface area (Å²) in [6.07, 6.45) is 1.28. The van der Waals surface area contributed by atoms with Crippen molar-refractivity contribution < 1.29 is 29.0 Å². The van der Waals surface area contributed by atoms with Crippen LogP contribution in [0.4, 0.5) is 0 Å². The van der Waals surface area contributed by atoms with Crippen molar-refractivity contribution in [2.24, 2.45) is 4.99 Å². The van der Waals surface area contributed by atoms with Gasteiger partial charge in [-0.15, -0.1) is 0 Å². The fourth-order valence-electron chi connectivity index (χ4n) is 0.694. The van der Waals surface area contributed by atoms with Crippen molar-refractivity contribution in [3.8, 4) is 0 Å². The molecule has 0 heterocycles. The summed E-state index contributed by atoms with van der Waals surface area (Å²) in [6, 6.07) is -0.298. The summed E-state index contributed by atoms with van der Waals surface area (Å²) in [4.78, 5) is 46.7. The van der Waals surface area contributed by atoms with Crippen LogP contribution in [0.5, 0.6) is 0 Å². The molecular formula is C4H10NO6P2+. The van der Waals surface area contributed by atoms with Crippen molar-refractivity contribution in [2.75, 3.05) is 0 Å². The number of aliphatic imine (C=N–C) groups is 1. The summed E-state index contributed by atoms with van der Waals surface area (Å²) >= 11 is 0. The molecule has 0 bridgehead atoms. The molecule has 7 nitrogen and oxygen atoms in total. The van der Waals surface area contributed by atoms with Crippen LogP contribution in [0.1, 0.15) is 12.8 Å². The van der Waals surface area contributed by atoms with E-state index in [0.29, 0.717) is 12.8 Å². The van der Waals surface area contributed by atoms with Crippen LogP contribution < -0.4 is 0 Å². The average molecular weight is 230 g/mol. The van der Waals surface area contributed by atoms with E-state index >= 15 is 0 Å². The average Bonchev–Trinajstić information content (AvgIpc) is 2.58. The highest BCUT2D eigenvalue weighted by molar-refractivity contribution is 8.00. The molecule has 13 heavy (non-hydrogen) atoms. The first-order valence-electron chi connectivity index (χ1n) is 3.43. The summed E-state index contributed by atoms with van der Waals surface area (Å²) in [6.45, 7) is 0. The van der Waals surface area contributed by atoms with Gasteiger partial charge in [0.2, 0.25) is 0 Å². The smallest absolute Gasteiger partial charge is 0.317 e. The molecule has 0 amide bonds. The Kier molecular flexibility index (Phi) is 2.90. The normalized spacial score (nSPS) is 20.5. The maximum atomic E-state index is 10.7. The fourth-order valence-corrected chi connectivity index (χ4v) is 2.72. The molecule has 1 fully saturated rings. The molecule has 1 rings (SSSR count). The van der Waals surface area contributed by atoms with E-state index in [4.69, 9.17) is 24.5 Å². The van der Waals surface area contributed by atoms with Gasteiger partial charge in [0.15, 0.2) is 0 Å². The van der Waals surface area contributed by atoms with Gasteiger partial charge >= 0.3 is 20.7 Å². The Balaban J connectivity index is 2.95. The summed E-state index contributed by atoms with van der Waals surface area (Å²) in [5.74, 6) is 0. The van der Waals surface area contributed by atoms with Crippen LogP contribution in [0, 0.1) is 0 Å². The minimum atomic E-state index is -4.86. The zero-order valence-corrected chi connectivity index (χ0v) is 8.27. The maximum Gasteiger partial charge on any atom is 0.469 e. The van der Waals surface area contributed by atoms with Gasteiger partial charge in [-0.3, -0.25) is 0 Å². The van der Waals surface area contributed by atoms with E-state index < -0.39 is 20.7 Å². The molecule has 5 N–H and O–H groups in total. The molecule has 0 spiro atoms. The zero-order valence-electron chi connectivity index (χ0n) is 6.48. The lowest BCUT2D eigenvalue weighted by molar-refractivity contribution is 0.348. The zero-order chi connectivity index (χ0) is 10.3. The largest absolute Gasteiger partial charge is 0.469 e. The molecule has 1 aliphatic rings. The molecule has 0 unspecified atom stereocenters. The van der Waals surface area contributed by atoms with Crippen LogP contribution in [-0.4, -0.2) is 35.7 Å². The standard InChI is InChI=1S/C4H9NO6P2/c6-12(7,8)4(13(9,10)11)5-3-1-2-3/h3,6-8H,1-2H2,(H-,9,10,11)/p+1. The molecule has 0 aromatic rings. The highest BCUT2D eigenvalue weighted by Gasteiger charge is 2.52. The SMILES string of the molecule is O=P(O)(O)C(=NC1CC1)[P+](O)(O)O. The van der Waals surface area contributed by atoms with E-state index in [1.54, 1.807) is 0 Å². The van der Waals surface area contributed by atoms with Gasteiger partial charge in [-0.1, -0.05) is 0 Å². The van der Waals surface area contributed by atoms with Gasteiger partial charge in [-0.25, -0.2) is 9.56 Å². The molecule has 76 valence electrons. The summed E-state index contributed by atoms with van der Waals surface area (Å²) in [5, 5.41) is -1.18. The Bertz CT molecular complexity index is 273. The third-order valence-corrected chi connectivity index (χ3v) is 4.25. The van der Waals surface area contributed by atoms with Gasteiger partial charge in [0, 0.05) is 0 Å². The summed E-state index contributed by atoms with van der Waals surface area (Å²) < 4.78 is 10.7. The number of hydrogen-bond donors (Lipinski definition) is 5. The van der Waals surface area contributed by atoms with Crippen molar-refractivity contribution in [3.63, 3.8) is 0 Å². The lowest BCUT2D eigenvalue weighted by Gasteiger charge is -2.07. The van der Waals surface area contributed by atoms with Gasteiger partial charge in [-0.05, 0) is 12.8 Å². The lowest BCUT2D eigenvalue weighted by Crippen LogP contribution is -2.07. The van der Waals surface area contributed by atoms with Crippen molar-refractivity contribution in [1.29, 1.82) is 0 Å². The predicted molar refractivity (Wildman–Crippen MR) is 46.1 cm³/mol. The molecule has 0 aromatic carbocycles. The monoisotopic (exact) mass is 230 g/mol. The Labute approximate surface area is 74.5 Å². The van der Waals surface area contributed by atoms with Crippen LogP contribution in [0.25, 0.3) is 0 Å². The molecule has 1 saturated carbocycles. The quantitative estimate of drug-likeness (QED) is 0.325. The number of nitrogens with zero attached hydrogens (tertiary/aromatic N) is 1. The topological polar surface area (TPSA) is 131 Å². The minimum Gasteiger partial charge on any atom is -0.317 e. The highest BCUT2D eigenvalue weighted by atomic mass is 31.3. The molecule has 1 aliphatic carbocycles. The Morgan fingerprint density at radius 2 is 1.77 bits per heavy atom.